The number of ketones is 1. The van der Waals surface area contributed by atoms with Crippen LogP contribution in [0.25, 0.3) is 0 Å². The highest BCUT2D eigenvalue weighted by Gasteiger charge is 2.29. The molecule has 4 N–H and O–H groups in total. The number of carbonyl (C=O) groups is 2. The number of hydrogen-bond donors (Lipinski definition) is 2. The number of anilines is 2. The molecule has 1 unspecified atom stereocenters. The van der Waals surface area contributed by atoms with Crippen LogP contribution in [0.15, 0.2) is 0 Å². The fraction of sp³-hybridized carbons (Fsp3) is 0.538. The van der Waals surface area contributed by atoms with Crippen LogP contribution in [0.3, 0.4) is 0 Å². The van der Waals surface area contributed by atoms with Crippen LogP contribution in [0.4, 0.5) is 10.7 Å². The summed E-state index contributed by atoms with van der Waals surface area (Å²) in [6.45, 7) is 5.40. The molecule has 0 bridgehead atoms. The molecule has 6 heteroatoms. The lowest BCUT2D eigenvalue weighted by molar-refractivity contribution is 0.100. The van der Waals surface area contributed by atoms with Gasteiger partial charge in [0, 0.05) is 20.0 Å². The summed E-state index contributed by atoms with van der Waals surface area (Å²) in [7, 11) is 0. The average Bonchev–Trinajstić information content (AvgIpc) is 2.92. The molecule has 5 nitrogen and oxygen atoms in total. The number of Topliss-reactive ketones (excluding diaryl/α,β-unsaturated/α-hetero) is 1. The summed E-state index contributed by atoms with van der Waals surface area (Å²) in [6.07, 6.45) is 2.21. The summed E-state index contributed by atoms with van der Waals surface area (Å²) in [4.78, 5) is 25.7. The minimum atomic E-state index is -0.559. The number of primary amides is 1. The number of nitrogens with two attached hydrogens (primary N) is 2. The maximum atomic E-state index is 11.6. The fourth-order valence-electron chi connectivity index (χ4n) is 2.50. The van der Waals surface area contributed by atoms with Crippen molar-refractivity contribution in [2.24, 2.45) is 11.7 Å². The van der Waals surface area contributed by atoms with Crippen LogP contribution in [0.5, 0.6) is 0 Å². The predicted octanol–water partition coefficient (Wildman–Crippen LogP) is 1.87. The number of thiophene rings is 1. The van der Waals surface area contributed by atoms with Crippen molar-refractivity contribution in [3.63, 3.8) is 0 Å². The Morgan fingerprint density at radius 3 is 2.63 bits per heavy atom. The molecule has 2 rings (SSSR count). The van der Waals surface area contributed by atoms with Gasteiger partial charge in [-0.2, -0.15) is 0 Å². The Balaban J connectivity index is 2.42. The highest BCUT2D eigenvalue weighted by molar-refractivity contribution is 7.19. The highest BCUT2D eigenvalue weighted by Crippen LogP contribution is 2.40. The Morgan fingerprint density at radius 2 is 2.16 bits per heavy atom. The molecule has 1 aromatic rings. The Morgan fingerprint density at radius 1 is 1.47 bits per heavy atom. The van der Waals surface area contributed by atoms with Crippen LogP contribution >= 0.6 is 11.3 Å². The van der Waals surface area contributed by atoms with Gasteiger partial charge in [-0.05, 0) is 12.3 Å². The topological polar surface area (TPSA) is 89.4 Å². The molecule has 1 aliphatic heterocycles. The lowest BCUT2D eigenvalue weighted by atomic mass is 10.1. The first-order valence-electron chi connectivity index (χ1n) is 6.43. The summed E-state index contributed by atoms with van der Waals surface area (Å²) in [6, 6.07) is 0. The van der Waals surface area contributed by atoms with Gasteiger partial charge in [-0.3, -0.25) is 9.59 Å². The zero-order chi connectivity index (χ0) is 14.2. The lowest BCUT2D eigenvalue weighted by Crippen LogP contribution is -2.23. The zero-order valence-electron chi connectivity index (χ0n) is 11.2. The molecular weight excluding hydrogens is 262 g/mol. The molecule has 1 aromatic heterocycles. The van der Waals surface area contributed by atoms with Crippen LogP contribution in [-0.2, 0) is 0 Å². The first-order chi connectivity index (χ1) is 8.95. The molecule has 2 heterocycles. The van der Waals surface area contributed by atoms with E-state index in [-0.39, 0.29) is 11.5 Å². The normalized spacial score (nSPS) is 18.8. The first-order valence-corrected chi connectivity index (χ1v) is 7.25. The third kappa shape index (κ3) is 2.45. The van der Waals surface area contributed by atoms with Gasteiger partial charge in [0.15, 0.2) is 5.78 Å². The maximum absolute atomic E-state index is 11.6. The smallest absolute Gasteiger partial charge is 0.253 e. The van der Waals surface area contributed by atoms with Crippen LogP contribution < -0.4 is 16.4 Å². The van der Waals surface area contributed by atoms with E-state index in [4.69, 9.17) is 11.5 Å². The molecule has 0 aromatic carbocycles. The molecule has 1 saturated heterocycles. The molecule has 1 atom stereocenters. The van der Waals surface area contributed by atoms with Gasteiger partial charge < -0.3 is 16.4 Å². The van der Waals surface area contributed by atoms with Crippen molar-refractivity contribution in [2.75, 3.05) is 23.7 Å². The number of hydrogen-bond acceptors (Lipinski definition) is 5. The summed E-state index contributed by atoms with van der Waals surface area (Å²) < 4.78 is 0. The van der Waals surface area contributed by atoms with E-state index in [1.165, 1.54) is 18.3 Å². The Hall–Kier alpha value is -1.56. The molecule has 1 amide bonds. The molecule has 104 valence electrons. The van der Waals surface area contributed by atoms with Gasteiger partial charge in [0.2, 0.25) is 0 Å². The average molecular weight is 281 g/mol. The van der Waals surface area contributed by atoms with E-state index >= 15 is 0 Å². The second kappa shape index (κ2) is 5.21. The summed E-state index contributed by atoms with van der Waals surface area (Å²) in [5, 5.41) is 0.756. The second-order valence-electron chi connectivity index (χ2n) is 4.95. The molecule has 0 radical (unpaired) electrons. The summed E-state index contributed by atoms with van der Waals surface area (Å²) in [5.74, 6) is -0.0523. The zero-order valence-corrected chi connectivity index (χ0v) is 12.0. The van der Waals surface area contributed by atoms with Gasteiger partial charge in [-0.15, -0.1) is 11.3 Å². The third-order valence-electron chi connectivity index (χ3n) is 3.64. The number of nitrogen functional groups attached to an aromatic ring is 1. The minimum absolute atomic E-state index is 0.123. The highest BCUT2D eigenvalue weighted by atomic mass is 32.1. The van der Waals surface area contributed by atoms with Crippen molar-refractivity contribution in [2.45, 2.75) is 26.7 Å². The van der Waals surface area contributed by atoms with Gasteiger partial charge in [-0.1, -0.05) is 13.3 Å². The molecule has 0 aliphatic carbocycles. The molecule has 0 spiro atoms. The largest absolute Gasteiger partial charge is 0.397 e. The van der Waals surface area contributed by atoms with Gasteiger partial charge in [0.25, 0.3) is 5.91 Å². The monoisotopic (exact) mass is 281 g/mol. The van der Waals surface area contributed by atoms with E-state index in [9.17, 15) is 9.59 Å². The van der Waals surface area contributed by atoms with Gasteiger partial charge in [0.1, 0.15) is 5.00 Å². The predicted molar refractivity (Wildman–Crippen MR) is 77.9 cm³/mol. The first kappa shape index (κ1) is 13.9. The van der Waals surface area contributed by atoms with Crippen molar-refractivity contribution in [3.05, 3.63) is 10.4 Å². The number of rotatable bonds is 4. The quantitative estimate of drug-likeness (QED) is 0.824. The summed E-state index contributed by atoms with van der Waals surface area (Å²) in [5.41, 5.74) is 11.9. The van der Waals surface area contributed by atoms with Crippen LogP contribution in [0, 0.1) is 5.92 Å². The van der Waals surface area contributed by atoms with Crippen LogP contribution in [0.2, 0.25) is 0 Å². The number of nitrogens with zero attached hydrogens (tertiary/aromatic N) is 1. The van der Waals surface area contributed by atoms with E-state index in [0.29, 0.717) is 16.4 Å². The van der Waals surface area contributed by atoms with Crippen molar-refractivity contribution in [1.82, 2.24) is 0 Å². The van der Waals surface area contributed by atoms with Crippen molar-refractivity contribution >= 4 is 33.7 Å². The van der Waals surface area contributed by atoms with Crippen LogP contribution in [-0.4, -0.2) is 24.8 Å². The van der Waals surface area contributed by atoms with Crippen LogP contribution in [0.1, 0.15) is 46.7 Å². The minimum Gasteiger partial charge on any atom is -0.397 e. The van der Waals surface area contributed by atoms with E-state index in [0.717, 1.165) is 30.9 Å². The number of carbonyl (C=O) groups excluding carboxylic acids is 2. The van der Waals surface area contributed by atoms with Crippen molar-refractivity contribution in [1.29, 1.82) is 0 Å². The number of amides is 1. The standard InChI is InChI=1S/C13H19N3O2S/c1-3-8-4-5-16(6-8)13-9(12(15)18)10(14)11(19-13)7(2)17/h8H,3-6,14H2,1-2H3,(H2,15,18). The Labute approximate surface area is 116 Å². The van der Waals surface area contributed by atoms with Crippen molar-refractivity contribution < 1.29 is 9.59 Å². The molecule has 0 saturated carbocycles. The molecular formula is C13H19N3O2S. The fourth-order valence-corrected chi connectivity index (χ4v) is 3.66. The second-order valence-corrected chi connectivity index (χ2v) is 5.95. The van der Waals surface area contributed by atoms with E-state index in [1.54, 1.807) is 0 Å². The Bertz CT molecular complexity index is 524. The van der Waals surface area contributed by atoms with E-state index < -0.39 is 5.91 Å². The summed E-state index contributed by atoms with van der Waals surface area (Å²) >= 11 is 1.28. The van der Waals surface area contributed by atoms with Crippen molar-refractivity contribution in [3.8, 4) is 0 Å². The van der Waals surface area contributed by atoms with E-state index in [1.807, 2.05) is 0 Å². The van der Waals surface area contributed by atoms with Gasteiger partial charge in [0.05, 0.1) is 16.1 Å². The van der Waals surface area contributed by atoms with Gasteiger partial charge >= 0.3 is 0 Å². The van der Waals surface area contributed by atoms with Gasteiger partial charge in [-0.25, -0.2) is 0 Å². The SMILES string of the molecule is CCC1CCN(c2sc(C(C)=O)c(N)c2C(N)=O)C1. The lowest BCUT2D eigenvalue weighted by Gasteiger charge is -2.17. The maximum Gasteiger partial charge on any atom is 0.253 e. The van der Waals surface area contributed by atoms with E-state index in [2.05, 4.69) is 11.8 Å². The molecule has 19 heavy (non-hydrogen) atoms. The molecule has 1 aliphatic rings. The Kier molecular flexibility index (Phi) is 3.80. The third-order valence-corrected chi connectivity index (χ3v) is 5.01. The molecule has 1 fully saturated rings.